The molecule has 4 unspecified atom stereocenters. The van der Waals surface area contributed by atoms with E-state index in [0.717, 1.165) is 12.8 Å². The highest BCUT2D eigenvalue weighted by Crippen LogP contribution is 2.47. The number of para-hydroxylation sites is 4. The van der Waals surface area contributed by atoms with E-state index in [0.29, 0.717) is 23.9 Å². The Morgan fingerprint density at radius 2 is 0.684 bits per heavy atom. The normalized spacial score (nSPS) is 19.9. The minimum atomic E-state index is 0.388. The number of fused-ring (bicyclic) bond motifs is 10. The van der Waals surface area contributed by atoms with Gasteiger partial charge in [0.05, 0.1) is 34.2 Å². The topological polar surface area (TPSA) is 16.3 Å². The molecule has 0 amide bonds. The van der Waals surface area contributed by atoms with Gasteiger partial charge in [-0.1, -0.05) is 182 Å². The first-order chi connectivity index (χ1) is 37.7. The maximum absolute atomic E-state index is 2.54. The summed E-state index contributed by atoms with van der Waals surface area (Å²) >= 11 is 0. The van der Waals surface area contributed by atoms with Crippen molar-refractivity contribution in [2.75, 3.05) is 9.80 Å². The van der Waals surface area contributed by atoms with Gasteiger partial charge in [0.2, 0.25) is 0 Å². The Bertz CT molecular complexity index is 3820. The fraction of sp³-hybridized carbons (Fsp3) is 0.111. The lowest BCUT2D eigenvalue weighted by Crippen LogP contribution is -2.32. The third-order valence-electron chi connectivity index (χ3n) is 16.8. The molecule has 16 rings (SSSR count). The van der Waals surface area contributed by atoms with Crippen molar-refractivity contribution >= 4 is 55.0 Å². The van der Waals surface area contributed by atoms with E-state index < -0.39 is 0 Å². The van der Waals surface area contributed by atoms with Gasteiger partial charge in [0, 0.05) is 67.5 Å². The average molecular weight is 977 g/mol. The van der Waals surface area contributed by atoms with Gasteiger partial charge in [0.25, 0.3) is 0 Å². The summed E-state index contributed by atoms with van der Waals surface area (Å²) in [6.07, 6.45) is 32.3. The van der Waals surface area contributed by atoms with E-state index in [4.69, 9.17) is 0 Å². The van der Waals surface area contributed by atoms with Crippen molar-refractivity contribution in [3.05, 3.63) is 290 Å². The molecule has 4 heterocycles. The van der Waals surface area contributed by atoms with Gasteiger partial charge in [0.1, 0.15) is 0 Å². The van der Waals surface area contributed by atoms with Gasteiger partial charge >= 0.3 is 0 Å². The van der Waals surface area contributed by atoms with Gasteiger partial charge in [-0.3, -0.25) is 0 Å². The summed E-state index contributed by atoms with van der Waals surface area (Å²) in [5.41, 5.74) is 20.7. The first-order valence-electron chi connectivity index (χ1n) is 27.2. The van der Waals surface area contributed by atoms with Gasteiger partial charge in [0.15, 0.2) is 0 Å². The summed E-state index contributed by atoms with van der Waals surface area (Å²) in [4.78, 5) is 5.09. The molecule has 364 valence electrons. The highest BCUT2D eigenvalue weighted by molar-refractivity contribution is 6.10. The molecular weight excluding hydrogens is 921 g/mol. The van der Waals surface area contributed by atoms with Crippen molar-refractivity contribution in [2.45, 2.75) is 37.8 Å². The minimum Gasteiger partial charge on any atom is -0.334 e. The smallest absolute Gasteiger partial charge is 0.0626 e. The fourth-order valence-electron chi connectivity index (χ4n) is 13.4. The monoisotopic (exact) mass is 976 g/mol. The Kier molecular flexibility index (Phi) is 10.7. The molecule has 4 atom stereocenters. The second-order valence-corrected chi connectivity index (χ2v) is 20.9. The molecule has 0 fully saturated rings. The van der Waals surface area contributed by atoms with Crippen LogP contribution < -0.4 is 9.80 Å². The molecule has 4 aliphatic carbocycles. The molecule has 2 aliphatic heterocycles. The van der Waals surface area contributed by atoms with Crippen LogP contribution in [-0.4, -0.2) is 21.2 Å². The Morgan fingerprint density at radius 3 is 1.08 bits per heavy atom. The van der Waals surface area contributed by atoms with Crippen LogP contribution in [0.1, 0.15) is 25.7 Å². The Balaban J connectivity index is 0.000000133. The first kappa shape index (κ1) is 44.4. The Morgan fingerprint density at radius 1 is 0.316 bits per heavy atom. The SMILES string of the molecule is C1=CC2C3=C(C=CCC3)N(c3ccc(-c4ccc(N5C6=C(CCC=C6)C6C=CC=CC65)cc4)cc3)C2C=C1.c1cc(-c2cccc(-n3c4ccccc4c4ccccc43)c2)cc(-n2c3ccccc3c3ccccc32)c1. The van der Waals surface area contributed by atoms with E-state index in [-0.39, 0.29) is 0 Å². The van der Waals surface area contributed by atoms with Gasteiger partial charge in [-0.15, -0.1) is 0 Å². The second-order valence-electron chi connectivity index (χ2n) is 20.9. The van der Waals surface area contributed by atoms with Crippen molar-refractivity contribution < 1.29 is 0 Å². The van der Waals surface area contributed by atoms with Crippen LogP contribution >= 0.6 is 0 Å². The molecule has 4 nitrogen and oxygen atoms in total. The summed E-state index contributed by atoms with van der Waals surface area (Å²) in [6.45, 7) is 0. The standard InChI is InChI=1S/C36H24N2.C36H32N2/c1-5-19-33-29(15-1)30-16-2-6-20-34(30)37(33)27-13-9-11-25(23-27)26-12-10-14-28(24-26)38-35-21-7-3-17-31(35)32-18-4-8-22-36(32)38;1-5-13-33-29(9-1)30-10-2-6-14-34(30)37(33)27-21-17-25(18-22-27)26-19-23-28(24-20-26)38-35-15-7-3-11-31(35)32-12-4-8-16-36(32)38/h1-24H;1,3,5-9,11,13-24,29,31,33,35H,2,4,10,12H2. The fourth-order valence-corrected chi connectivity index (χ4v) is 13.4. The van der Waals surface area contributed by atoms with Crippen LogP contribution in [-0.2, 0) is 0 Å². The molecule has 0 saturated carbocycles. The van der Waals surface area contributed by atoms with Crippen molar-refractivity contribution in [3.63, 3.8) is 0 Å². The summed E-state index contributed by atoms with van der Waals surface area (Å²) in [5.74, 6) is 1.00. The summed E-state index contributed by atoms with van der Waals surface area (Å²) in [5, 5.41) is 5.12. The molecule has 0 spiro atoms. The van der Waals surface area contributed by atoms with E-state index in [9.17, 15) is 0 Å². The van der Waals surface area contributed by atoms with E-state index in [2.05, 4.69) is 286 Å². The van der Waals surface area contributed by atoms with Crippen molar-refractivity contribution in [1.29, 1.82) is 0 Å². The third kappa shape index (κ3) is 7.27. The van der Waals surface area contributed by atoms with Crippen LogP contribution in [0.2, 0.25) is 0 Å². The van der Waals surface area contributed by atoms with Gasteiger partial charge in [-0.05, 0) is 144 Å². The maximum atomic E-state index is 2.54. The molecule has 0 N–H and O–H groups in total. The first-order valence-corrected chi connectivity index (χ1v) is 27.2. The van der Waals surface area contributed by atoms with Crippen LogP contribution in [0, 0.1) is 11.8 Å². The molecule has 0 saturated heterocycles. The van der Waals surface area contributed by atoms with Crippen LogP contribution in [0.5, 0.6) is 0 Å². The molecule has 8 aromatic carbocycles. The predicted molar refractivity (Wildman–Crippen MR) is 319 cm³/mol. The lowest BCUT2D eigenvalue weighted by molar-refractivity contribution is 0.658. The van der Waals surface area contributed by atoms with E-state index >= 15 is 0 Å². The number of anilines is 2. The predicted octanol–water partition coefficient (Wildman–Crippen LogP) is 18.0. The van der Waals surface area contributed by atoms with Crippen molar-refractivity contribution in [2.24, 2.45) is 11.8 Å². The van der Waals surface area contributed by atoms with Gasteiger partial charge in [-0.2, -0.15) is 0 Å². The Hall–Kier alpha value is -9.12. The molecule has 6 aliphatic rings. The molecular formula is C72H56N4. The highest BCUT2D eigenvalue weighted by atomic mass is 15.2. The number of hydrogen-bond donors (Lipinski definition) is 0. The molecule has 4 heteroatoms. The Labute approximate surface area is 444 Å². The summed E-state index contributed by atoms with van der Waals surface area (Å²) in [7, 11) is 0. The van der Waals surface area contributed by atoms with Crippen LogP contribution in [0.25, 0.3) is 77.2 Å². The third-order valence-corrected chi connectivity index (χ3v) is 16.8. The quantitative estimate of drug-likeness (QED) is 0.165. The number of aromatic nitrogens is 2. The highest BCUT2D eigenvalue weighted by Gasteiger charge is 2.40. The molecule has 76 heavy (non-hydrogen) atoms. The van der Waals surface area contributed by atoms with Crippen LogP contribution in [0.3, 0.4) is 0 Å². The zero-order chi connectivity index (χ0) is 50.1. The van der Waals surface area contributed by atoms with E-state index in [1.165, 1.54) is 113 Å². The molecule has 0 bridgehead atoms. The lowest BCUT2D eigenvalue weighted by Gasteiger charge is -2.30. The van der Waals surface area contributed by atoms with Gasteiger partial charge < -0.3 is 18.9 Å². The summed E-state index contributed by atoms with van der Waals surface area (Å²) < 4.78 is 4.76. The zero-order valence-electron chi connectivity index (χ0n) is 42.3. The zero-order valence-corrected chi connectivity index (χ0v) is 42.3. The average Bonchev–Trinajstić information content (AvgIpc) is 4.28. The largest absolute Gasteiger partial charge is 0.334 e. The number of rotatable bonds is 6. The molecule has 2 aromatic heterocycles. The van der Waals surface area contributed by atoms with Crippen molar-refractivity contribution in [3.8, 4) is 33.6 Å². The van der Waals surface area contributed by atoms with Crippen molar-refractivity contribution in [1.82, 2.24) is 9.13 Å². The maximum Gasteiger partial charge on any atom is 0.0626 e. The number of allylic oxidation sites excluding steroid dienone is 8. The number of hydrogen-bond acceptors (Lipinski definition) is 2. The van der Waals surface area contributed by atoms with E-state index in [1.807, 2.05) is 0 Å². The second kappa shape index (κ2) is 18.4. The number of benzene rings is 8. The van der Waals surface area contributed by atoms with Gasteiger partial charge in [-0.25, -0.2) is 0 Å². The molecule has 0 radical (unpaired) electrons. The molecule has 10 aromatic rings. The van der Waals surface area contributed by atoms with Crippen LogP contribution in [0.15, 0.2) is 290 Å². The van der Waals surface area contributed by atoms with Crippen LogP contribution in [0.4, 0.5) is 11.4 Å². The lowest BCUT2D eigenvalue weighted by atomic mass is 9.87. The minimum absolute atomic E-state index is 0.388. The number of nitrogens with zero attached hydrogens (tertiary/aromatic N) is 4. The van der Waals surface area contributed by atoms with E-state index in [1.54, 1.807) is 11.1 Å². The summed E-state index contributed by atoms with van der Waals surface area (Å²) in [6, 6.07) is 71.6.